The fraction of sp³-hybridized carbons (Fsp3) is 0.562. The van der Waals surface area contributed by atoms with Crippen molar-refractivity contribution < 1.29 is 4.74 Å². The van der Waals surface area contributed by atoms with Crippen LogP contribution in [0.3, 0.4) is 0 Å². The maximum atomic E-state index is 5.85. The molecule has 4 heteroatoms. The number of aliphatic imine (C=N–C) groups is 1. The summed E-state index contributed by atoms with van der Waals surface area (Å²) in [5, 5.41) is 3.19. The average Bonchev–Trinajstić information content (AvgIpc) is 3.21. The van der Waals surface area contributed by atoms with E-state index in [0.717, 1.165) is 24.3 Å². The van der Waals surface area contributed by atoms with Gasteiger partial charge in [0.1, 0.15) is 5.75 Å². The molecule has 1 aliphatic carbocycles. The van der Waals surface area contributed by atoms with Gasteiger partial charge in [0.15, 0.2) is 5.96 Å². The minimum absolute atomic E-state index is 0.532. The highest BCUT2D eigenvalue weighted by atomic mass is 16.5. The number of benzene rings is 1. The molecule has 1 aliphatic rings. The second-order valence-electron chi connectivity index (χ2n) is 5.76. The second-order valence-corrected chi connectivity index (χ2v) is 5.76. The SMILES string of the molecule is CC(C)CCOc1ccccc1CN=C(N)NC1CC1. The van der Waals surface area contributed by atoms with Gasteiger partial charge in [0, 0.05) is 11.6 Å². The van der Waals surface area contributed by atoms with Crippen LogP contribution in [0.1, 0.15) is 38.7 Å². The van der Waals surface area contributed by atoms with Crippen LogP contribution in [0.5, 0.6) is 5.75 Å². The fourth-order valence-electron chi connectivity index (χ4n) is 1.83. The van der Waals surface area contributed by atoms with Crippen LogP contribution in [0.4, 0.5) is 0 Å². The topological polar surface area (TPSA) is 59.6 Å². The number of nitrogens with two attached hydrogens (primary N) is 1. The van der Waals surface area contributed by atoms with Gasteiger partial charge in [-0.2, -0.15) is 0 Å². The Bertz CT molecular complexity index is 453. The number of guanidine groups is 1. The number of rotatable bonds is 7. The molecule has 3 N–H and O–H groups in total. The third kappa shape index (κ3) is 5.11. The number of hydrogen-bond donors (Lipinski definition) is 2. The molecule has 2 rings (SSSR count). The van der Waals surface area contributed by atoms with Crippen molar-refractivity contribution in [3.05, 3.63) is 29.8 Å². The first-order valence-electron chi connectivity index (χ1n) is 7.42. The van der Waals surface area contributed by atoms with Crippen molar-refractivity contribution in [2.45, 2.75) is 45.7 Å². The third-order valence-corrected chi connectivity index (χ3v) is 3.27. The predicted molar refractivity (Wildman–Crippen MR) is 82.9 cm³/mol. The molecular formula is C16H25N3O. The average molecular weight is 275 g/mol. The van der Waals surface area contributed by atoms with Crippen molar-refractivity contribution in [2.75, 3.05) is 6.61 Å². The van der Waals surface area contributed by atoms with Crippen molar-refractivity contribution in [2.24, 2.45) is 16.6 Å². The Balaban J connectivity index is 1.89. The number of ether oxygens (including phenoxy) is 1. The van der Waals surface area contributed by atoms with Gasteiger partial charge in [-0.25, -0.2) is 4.99 Å². The van der Waals surface area contributed by atoms with Crippen molar-refractivity contribution in [3.8, 4) is 5.75 Å². The highest BCUT2D eigenvalue weighted by Gasteiger charge is 2.21. The largest absolute Gasteiger partial charge is 0.493 e. The molecule has 0 atom stereocenters. The van der Waals surface area contributed by atoms with Gasteiger partial charge in [0.25, 0.3) is 0 Å². The lowest BCUT2D eigenvalue weighted by atomic mass is 10.1. The van der Waals surface area contributed by atoms with E-state index in [1.54, 1.807) is 0 Å². The van der Waals surface area contributed by atoms with Crippen LogP contribution in [0, 0.1) is 5.92 Å². The molecule has 0 unspecified atom stereocenters. The summed E-state index contributed by atoms with van der Waals surface area (Å²) in [6, 6.07) is 8.57. The lowest BCUT2D eigenvalue weighted by Gasteiger charge is -2.11. The highest BCUT2D eigenvalue weighted by Crippen LogP contribution is 2.20. The van der Waals surface area contributed by atoms with Crippen LogP contribution in [0.15, 0.2) is 29.3 Å². The van der Waals surface area contributed by atoms with Gasteiger partial charge >= 0.3 is 0 Å². The van der Waals surface area contributed by atoms with Gasteiger partial charge in [0.2, 0.25) is 0 Å². The van der Waals surface area contributed by atoms with E-state index in [1.165, 1.54) is 12.8 Å². The molecule has 0 spiro atoms. The summed E-state index contributed by atoms with van der Waals surface area (Å²) in [5.41, 5.74) is 6.93. The molecular weight excluding hydrogens is 250 g/mol. The molecule has 1 aromatic rings. The van der Waals surface area contributed by atoms with E-state index in [-0.39, 0.29) is 0 Å². The Morgan fingerprint density at radius 3 is 2.85 bits per heavy atom. The fourth-order valence-corrected chi connectivity index (χ4v) is 1.83. The molecule has 0 aromatic heterocycles. The Morgan fingerprint density at radius 1 is 1.40 bits per heavy atom. The summed E-state index contributed by atoms with van der Waals surface area (Å²) in [7, 11) is 0. The van der Waals surface area contributed by atoms with Crippen molar-refractivity contribution in [3.63, 3.8) is 0 Å². The quantitative estimate of drug-likeness (QED) is 0.594. The zero-order chi connectivity index (χ0) is 14.4. The smallest absolute Gasteiger partial charge is 0.189 e. The molecule has 0 heterocycles. The molecule has 4 nitrogen and oxygen atoms in total. The van der Waals surface area contributed by atoms with Crippen LogP contribution < -0.4 is 15.8 Å². The minimum atomic E-state index is 0.532. The van der Waals surface area contributed by atoms with Crippen LogP contribution in [-0.2, 0) is 6.54 Å². The zero-order valence-electron chi connectivity index (χ0n) is 12.4. The Morgan fingerprint density at radius 2 is 2.15 bits per heavy atom. The van der Waals surface area contributed by atoms with Gasteiger partial charge in [-0.15, -0.1) is 0 Å². The van der Waals surface area contributed by atoms with E-state index in [9.17, 15) is 0 Å². The normalized spacial score (nSPS) is 15.4. The first-order chi connectivity index (χ1) is 9.65. The number of nitrogens with one attached hydrogen (secondary N) is 1. The lowest BCUT2D eigenvalue weighted by Crippen LogP contribution is -2.33. The van der Waals surface area contributed by atoms with Crippen molar-refractivity contribution >= 4 is 5.96 Å². The molecule has 1 aromatic carbocycles. The summed E-state index contributed by atoms with van der Waals surface area (Å²) < 4.78 is 5.84. The summed E-state index contributed by atoms with van der Waals surface area (Å²) in [6.07, 6.45) is 3.46. The molecule has 0 saturated heterocycles. The number of nitrogens with zero attached hydrogens (tertiary/aromatic N) is 1. The van der Waals surface area contributed by atoms with E-state index >= 15 is 0 Å². The molecule has 20 heavy (non-hydrogen) atoms. The molecule has 110 valence electrons. The predicted octanol–water partition coefficient (Wildman–Crippen LogP) is 2.68. The molecule has 1 saturated carbocycles. The summed E-state index contributed by atoms with van der Waals surface area (Å²) in [6.45, 7) is 5.70. The van der Waals surface area contributed by atoms with Crippen molar-refractivity contribution in [1.29, 1.82) is 0 Å². The first-order valence-corrected chi connectivity index (χ1v) is 7.42. The molecule has 0 aliphatic heterocycles. The molecule has 0 amide bonds. The second kappa shape index (κ2) is 7.17. The van der Waals surface area contributed by atoms with Gasteiger partial charge in [0.05, 0.1) is 13.2 Å². The van der Waals surface area contributed by atoms with Crippen LogP contribution in [-0.4, -0.2) is 18.6 Å². The van der Waals surface area contributed by atoms with Gasteiger partial charge < -0.3 is 15.8 Å². The van der Waals surface area contributed by atoms with E-state index in [2.05, 4.69) is 24.2 Å². The van der Waals surface area contributed by atoms with E-state index in [4.69, 9.17) is 10.5 Å². The van der Waals surface area contributed by atoms with Crippen LogP contribution >= 0.6 is 0 Å². The third-order valence-electron chi connectivity index (χ3n) is 3.27. The van der Waals surface area contributed by atoms with Crippen LogP contribution in [0.2, 0.25) is 0 Å². The van der Waals surface area contributed by atoms with Gasteiger partial charge in [-0.3, -0.25) is 0 Å². The maximum absolute atomic E-state index is 5.85. The van der Waals surface area contributed by atoms with E-state index in [0.29, 0.717) is 24.5 Å². The van der Waals surface area contributed by atoms with Crippen LogP contribution in [0.25, 0.3) is 0 Å². The maximum Gasteiger partial charge on any atom is 0.189 e. The zero-order valence-corrected chi connectivity index (χ0v) is 12.4. The summed E-state index contributed by atoms with van der Waals surface area (Å²) in [5.74, 6) is 2.10. The Labute approximate surface area is 121 Å². The first kappa shape index (κ1) is 14.7. The van der Waals surface area contributed by atoms with Gasteiger partial charge in [-0.1, -0.05) is 32.0 Å². The Kier molecular flexibility index (Phi) is 5.27. The summed E-state index contributed by atoms with van der Waals surface area (Å²) >= 11 is 0. The number of hydrogen-bond acceptors (Lipinski definition) is 2. The molecule has 0 radical (unpaired) electrons. The lowest BCUT2D eigenvalue weighted by molar-refractivity contribution is 0.287. The summed E-state index contributed by atoms with van der Waals surface area (Å²) in [4.78, 5) is 4.38. The van der Waals surface area contributed by atoms with Crippen molar-refractivity contribution in [1.82, 2.24) is 5.32 Å². The molecule has 1 fully saturated rings. The number of para-hydroxylation sites is 1. The highest BCUT2D eigenvalue weighted by molar-refractivity contribution is 5.78. The Hall–Kier alpha value is -1.71. The standard InChI is InChI=1S/C16H25N3O/c1-12(2)9-10-20-15-6-4-3-5-13(15)11-18-16(17)19-14-7-8-14/h3-6,12,14H,7-11H2,1-2H3,(H3,17,18,19). The monoisotopic (exact) mass is 275 g/mol. The van der Waals surface area contributed by atoms with Gasteiger partial charge in [-0.05, 0) is 31.2 Å². The van der Waals surface area contributed by atoms with E-state index < -0.39 is 0 Å². The minimum Gasteiger partial charge on any atom is -0.493 e. The molecule has 0 bridgehead atoms. The van der Waals surface area contributed by atoms with E-state index in [1.807, 2.05) is 24.3 Å².